The van der Waals surface area contributed by atoms with Gasteiger partial charge in [-0.2, -0.15) is 0 Å². The predicted octanol–water partition coefficient (Wildman–Crippen LogP) is 6.28. The first kappa shape index (κ1) is 26.7. The molecule has 184 valence electrons. The van der Waals surface area contributed by atoms with Gasteiger partial charge in [0.15, 0.2) is 0 Å². The average Bonchev–Trinajstić information content (AvgIpc) is 2.86. The molecule has 0 heterocycles. The van der Waals surface area contributed by atoms with Gasteiger partial charge in [-0.3, -0.25) is 9.59 Å². The van der Waals surface area contributed by atoms with Crippen molar-refractivity contribution in [3.8, 4) is 0 Å². The van der Waals surface area contributed by atoms with E-state index in [0.717, 1.165) is 21.2 Å². The largest absolute Gasteiger partial charge is 0.355 e. The second-order valence-electron chi connectivity index (χ2n) is 9.14. The maximum absolute atomic E-state index is 13.6. The molecule has 35 heavy (non-hydrogen) atoms. The van der Waals surface area contributed by atoms with Gasteiger partial charge in [0.1, 0.15) is 6.04 Å². The summed E-state index contributed by atoms with van der Waals surface area (Å²) >= 11 is 3.48. The van der Waals surface area contributed by atoms with Gasteiger partial charge in [-0.15, -0.1) is 0 Å². The smallest absolute Gasteiger partial charge is 0.243 e. The monoisotopic (exact) mass is 534 g/mol. The molecule has 2 amide bonds. The number of amides is 2. The van der Waals surface area contributed by atoms with E-state index in [1.165, 1.54) is 5.56 Å². The molecule has 0 aliphatic carbocycles. The molecule has 1 N–H and O–H groups in total. The van der Waals surface area contributed by atoms with Crippen LogP contribution >= 0.6 is 15.9 Å². The highest BCUT2D eigenvalue weighted by Crippen LogP contribution is 2.20. The van der Waals surface area contributed by atoms with E-state index in [9.17, 15) is 9.59 Å². The summed E-state index contributed by atoms with van der Waals surface area (Å²) in [6.45, 7) is 7.15. The minimum Gasteiger partial charge on any atom is -0.355 e. The van der Waals surface area contributed by atoms with E-state index in [-0.39, 0.29) is 11.8 Å². The number of nitrogens with zero attached hydrogens (tertiary/aromatic N) is 1. The fourth-order valence-corrected chi connectivity index (χ4v) is 4.36. The van der Waals surface area contributed by atoms with Gasteiger partial charge in [0.25, 0.3) is 0 Å². The second-order valence-corrected chi connectivity index (χ2v) is 10.1. The van der Waals surface area contributed by atoms with Crippen LogP contribution in [-0.2, 0) is 29.0 Å². The standard InChI is InChI=1S/C30H35BrN2O2/c1-4-32-30(35)28(20-24-8-6-5-7-9-24)33(21-25-12-17-27(31)18-13-25)29(34)19-14-23-10-15-26(16-11-23)22(2)3/h5-13,15-18,22,28H,4,14,19-21H2,1-3H3,(H,32,35). The SMILES string of the molecule is CCNC(=O)C(Cc1ccccc1)N(Cc1ccc(Br)cc1)C(=O)CCc1ccc(C(C)C)cc1. The Morgan fingerprint density at radius 3 is 2.09 bits per heavy atom. The fourth-order valence-electron chi connectivity index (χ4n) is 4.10. The van der Waals surface area contributed by atoms with Crippen LogP contribution in [0.5, 0.6) is 0 Å². The van der Waals surface area contributed by atoms with Crippen molar-refractivity contribution in [1.82, 2.24) is 10.2 Å². The Labute approximate surface area is 217 Å². The summed E-state index contributed by atoms with van der Waals surface area (Å²) in [4.78, 5) is 28.6. The molecule has 3 aromatic rings. The molecule has 0 radical (unpaired) electrons. The van der Waals surface area contributed by atoms with Crippen LogP contribution in [0.3, 0.4) is 0 Å². The molecule has 4 nitrogen and oxygen atoms in total. The van der Waals surface area contributed by atoms with Crippen LogP contribution in [0.2, 0.25) is 0 Å². The summed E-state index contributed by atoms with van der Waals surface area (Å²) in [6.07, 6.45) is 1.46. The van der Waals surface area contributed by atoms with Gasteiger partial charge < -0.3 is 10.2 Å². The van der Waals surface area contributed by atoms with Crippen molar-refractivity contribution in [2.45, 2.75) is 58.5 Å². The normalized spacial score (nSPS) is 11.8. The van der Waals surface area contributed by atoms with Gasteiger partial charge in [0.05, 0.1) is 0 Å². The van der Waals surface area contributed by atoms with Crippen molar-refractivity contribution in [2.75, 3.05) is 6.54 Å². The van der Waals surface area contributed by atoms with E-state index in [1.54, 1.807) is 4.90 Å². The third-order valence-corrected chi connectivity index (χ3v) is 6.69. The van der Waals surface area contributed by atoms with Crippen LogP contribution in [0.15, 0.2) is 83.3 Å². The van der Waals surface area contributed by atoms with Crippen LogP contribution in [0, 0.1) is 0 Å². The number of hydrogen-bond acceptors (Lipinski definition) is 2. The van der Waals surface area contributed by atoms with Crippen molar-refractivity contribution < 1.29 is 9.59 Å². The number of nitrogens with one attached hydrogen (secondary N) is 1. The molecule has 3 aromatic carbocycles. The molecule has 1 atom stereocenters. The van der Waals surface area contributed by atoms with E-state index >= 15 is 0 Å². The number of rotatable bonds is 11. The van der Waals surface area contributed by atoms with E-state index in [1.807, 2.05) is 61.5 Å². The summed E-state index contributed by atoms with van der Waals surface area (Å²) in [5, 5.41) is 2.95. The average molecular weight is 536 g/mol. The van der Waals surface area contributed by atoms with Gasteiger partial charge in [0.2, 0.25) is 11.8 Å². The molecule has 1 unspecified atom stereocenters. The Kier molecular flexibility index (Phi) is 10.1. The topological polar surface area (TPSA) is 49.4 Å². The van der Waals surface area contributed by atoms with Crippen LogP contribution < -0.4 is 5.32 Å². The number of aryl methyl sites for hydroxylation is 1. The van der Waals surface area contributed by atoms with Crippen LogP contribution in [0.25, 0.3) is 0 Å². The zero-order valence-corrected chi connectivity index (χ0v) is 22.4. The summed E-state index contributed by atoms with van der Waals surface area (Å²) in [5.74, 6) is 0.332. The zero-order chi connectivity index (χ0) is 25.2. The van der Waals surface area contributed by atoms with Crippen molar-refractivity contribution in [3.05, 3.63) is 106 Å². The van der Waals surface area contributed by atoms with Gasteiger partial charge in [-0.25, -0.2) is 0 Å². The first-order chi connectivity index (χ1) is 16.9. The molecular weight excluding hydrogens is 500 g/mol. The van der Waals surface area contributed by atoms with E-state index in [4.69, 9.17) is 0 Å². The molecular formula is C30H35BrN2O2. The summed E-state index contributed by atoms with van der Waals surface area (Å²) < 4.78 is 0.980. The summed E-state index contributed by atoms with van der Waals surface area (Å²) in [6, 6.07) is 25.7. The summed E-state index contributed by atoms with van der Waals surface area (Å²) in [7, 11) is 0. The highest BCUT2D eigenvalue weighted by atomic mass is 79.9. The number of benzene rings is 3. The van der Waals surface area contributed by atoms with Crippen molar-refractivity contribution in [3.63, 3.8) is 0 Å². The minimum atomic E-state index is -0.586. The van der Waals surface area contributed by atoms with E-state index in [2.05, 4.69) is 59.4 Å². The van der Waals surface area contributed by atoms with Crippen molar-refractivity contribution >= 4 is 27.7 Å². The number of halogens is 1. The molecule has 3 rings (SSSR count). The van der Waals surface area contributed by atoms with Crippen LogP contribution in [0.4, 0.5) is 0 Å². The van der Waals surface area contributed by atoms with Gasteiger partial charge in [-0.05, 0) is 53.6 Å². The Morgan fingerprint density at radius 1 is 0.857 bits per heavy atom. The minimum absolute atomic E-state index is 0.0203. The lowest BCUT2D eigenvalue weighted by molar-refractivity contribution is -0.141. The zero-order valence-electron chi connectivity index (χ0n) is 20.8. The molecule has 0 aromatic heterocycles. The lowest BCUT2D eigenvalue weighted by Crippen LogP contribution is -2.50. The second kappa shape index (κ2) is 13.2. The van der Waals surface area contributed by atoms with E-state index < -0.39 is 6.04 Å². The number of likely N-dealkylation sites (N-methyl/N-ethyl adjacent to an activating group) is 1. The maximum atomic E-state index is 13.6. The van der Waals surface area contributed by atoms with Gasteiger partial charge >= 0.3 is 0 Å². The molecule has 0 aliphatic rings. The molecule has 0 saturated carbocycles. The van der Waals surface area contributed by atoms with E-state index in [0.29, 0.717) is 38.3 Å². The Balaban J connectivity index is 1.85. The predicted molar refractivity (Wildman–Crippen MR) is 146 cm³/mol. The lowest BCUT2D eigenvalue weighted by Gasteiger charge is -2.31. The maximum Gasteiger partial charge on any atom is 0.243 e. The number of hydrogen-bond donors (Lipinski definition) is 1. The van der Waals surface area contributed by atoms with Gasteiger partial charge in [-0.1, -0.05) is 96.5 Å². The Hall–Kier alpha value is -2.92. The van der Waals surface area contributed by atoms with Crippen LogP contribution in [-0.4, -0.2) is 29.3 Å². The first-order valence-corrected chi connectivity index (χ1v) is 13.1. The molecule has 0 aliphatic heterocycles. The molecule has 0 saturated heterocycles. The third-order valence-electron chi connectivity index (χ3n) is 6.16. The Bertz CT molecular complexity index is 1080. The van der Waals surface area contributed by atoms with Crippen LogP contribution in [0.1, 0.15) is 55.4 Å². The lowest BCUT2D eigenvalue weighted by atomic mass is 9.99. The first-order valence-electron chi connectivity index (χ1n) is 12.3. The summed E-state index contributed by atoms with van der Waals surface area (Å²) in [5.41, 5.74) is 4.44. The third kappa shape index (κ3) is 8.07. The molecule has 5 heteroatoms. The molecule has 0 fully saturated rings. The quantitative estimate of drug-likeness (QED) is 0.314. The molecule has 0 bridgehead atoms. The van der Waals surface area contributed by atoms with Crippen molar-refractivity contribution in [1.29, 1.82) is 0 Å². The van der Waals surface area contributed by atoms with Crippen molar-refractivity contribution in [2.24, 2.45) is 0 Å². The Morgan fingerprint density at radius 2 is 1.49 bits per heavy atom. The number of carbonyl (C=O) groups is 2. The highest BCUT2D eigenvalue weighted by Gasteiger charge is 2.29. The fraction of sp³-hybridized carbons (Fsp3) is 0.333. The molecule has 0 spiro atoms. The van der Waals surface area contributed by atoms with Gasteiger partial charge in [0, 0.05) is 30.4 Å². The number of carbonyl (C=O) groups excluding carboxylic acids is 2. The highest BCUT2D eigenvalue weighted by molar-refractivity contribution is 9.10.